The SMILES string of the molecule is CCc1ccc(C)c(NC=O)n1. The van der Waals surface area contributed by atoms with E-state index in [1.165, 1.54) is 0 Å². The fraction of sp³-hybridized carbons (Fsp3) is 0.333. The molecule has 0 fully saturated rings. The first-order valence-electron chi connectivity index (χ1n) is 3.94. The minimum absolute atomic E-state index is 0.648. The van der Waals surface area contributed by atoms with E-state index in [0.717, 1.165) is 17.7 Å². The van der Waals surface area contributed by atoms with Gasteiger partial charge in [-0.2, -0.15) is 0 Å². The van der Waals surface area contributed by atoms with Crippen molar-refractivity contribution in [1.29, 1.82) is 0 Å². The summed E-state index contributed by atoms with van der Waals surface area (Å²) in [5.74, 6) is 0.657. The molecule has 0 saturated heterocycles. The van der Waals surface area contributed by atoms with E-state index in [1.54, 1.807) is 0 Å². The lowest BCUT2D eigenvalue weighted by atomic mass is 10.2. The Morgan fingerprint density at radius 3 is 2.92 bits per heavy atom. The summed E-state index contributed by atoms with van der Waals surface area (Å²) >= 11 is 0. The highest BCUT2D eigenvalue weighted by molar-refractivity contribution is 5.70. The second-order valence-electron chi connectivity index (χ2n) is 2.58. The molecule has 0 atom stereocenters. The highest BCUT2D eigenvalue weighted by atomic mass is 16.1. The number of hydrogen-bond acceptors (Lipinski definition) is 2. The molecule has 0 spiro atoms. The fourth-order valence-corrected chi connectivity index (χ4v) is 0.968. The number of carbonyl (C=O) groups excluding carboxylic acids is 1. The Bertz CT molecular complexity index is 284. The van der Waals surface area contributed by atoms with Gasteiger partial charge in [0.1, 0.15) is 5.82 Å². The van der Waals surface area contributed by atoms with Gasteiger partial charge in [-0.25, -0.2) is 4.98 Å². The molecule has 0 aliphatic carbocycles. The van der Waals surface area contributed by atoms with Gasteiger partial charge in [0, 0.05) is 5.69 Å². The summed E-state index contributed by atoms with van der Waals surface area (Å²) in [6.07, 6.45) is 1.53. The van der Waals surface area contributed by atoms with Crippen LogP contribution in [0.25, 0.3) is 0 Å². The van der Waals surface area contributed by atoms with Crippen molar-refractivity contribution in [3.63, 3.8) is 0 Å². The Balaban J connectivity index is 2.99. The Morgan fingerprint density at radius 1 is 1.58 bits per heavy atom. The van der Waals surface area contributed by atoms with E-state index in [4.69, 9.17) is 0 Å². The molecule has 0 aliphatic rings. The van der Waals surface area contributed by atoms with Gasteiger partial charge in [-0.3, -0.25) is 4.79 Å². The molecule has 1 rings (SSSR count). The van der Waals surface area contributed by atoms with Crippen LogP contribution in [0.3, 0.4) is 0 Å². The van der Waals surface area contributed by atoms with E-state index >= 15 is 0 Å². The van der Waals surface area contributed by atoms with Gasteiger partial charge in [0.2, 0.25) is 6.41 Å². The lowest BCUT2D eigenvalue weighted by molar-refractivity contribution is -0.105. The summed E-state index contributed by atoms with van der Waals surface area (Å²) < 4.78 is 0. The molecule has 12 heavy (non-hydrogen) atoms. The molecular formula is C9H12N2O. The highest BCUT2D eigenvalue weighted by Gasteiger charge is 1.98. The van der Waals surface area contributed by atoms with Crippen molar-refractivity contribution in [1.82, 2.24) is 4.98 Å². The molecular weight excluding hydrogens is 152 g/mol. The molecule has 64 valence electrons. The van der Waals surface area contributed by atoms with Gasteiger partial charge in [-0.1, -0.05) is 13.0 Å². The molecule has 3 nitrogen and oxygen atoms in total. The zero-order chi connectivity index (χ0) is 8.97. The van der Waals surface area contributed by atoms with E-state index in [0.29, 0.717) is 12.2 Å². The topological polar surface area (TPSA) is 42.0 Å². The molecule has 1 aromatic heterocycles. The first kappa shape index (κ1) is 8.71. The summed E-state index contributed by atoms with van der Waals surface area (Å²) in [4.78, 5) is 14.4. The van der Waals surface area contributed by atoms with Gasteiger partial charge in [-0.05, 0) is 25.0 Å². The maximum Gasteiger partial charge on any atom is 0.212 e. The predicted octanol–water partition coefficient (Wildman–Crippen LogP) is 1.52. The predicted molar refractivity (Wildman–Crippen MR) is 48.0 cm³/mol. The van der Waals surface area contributed by atoms with Crippen LogP contribution < -0.4 is 5.32 Å². The number of rotatable bonds is 3. The van der Waals surface area contributed by atoms with Crippen molar-refractivity contribution < 1.29 is 4.79 Å². The van der Waals surface area contributed by atoms with Crippen LogP contribution in [-0.4, -0.2) is 11.4 Å². The molecule has 3 heteroatoms. The lowest BCUT2D eigenvalue weighted by Gasteiger charge is -2.04. The van der Waals surface area contributed by atoms with E-state index < -0.39 is 0 Å². The summed E-state index contributed by atoms with van der Waals surface area (Å²) in [5, 5.41) is 2.56. The Hall–Kier alpha value is -1.38. The number of carbonyl (C=O) groups is 1. The van der Waals surface area contributed by atoms with Crippen LogP contribution >= 0.6 is 0 Å². The van der Waals surface area contributed by atoms with Crippen LogP contribution in [0.2, 0.25) is 0 Å². The third kappa shape index (κ3) is 1.81. The quantitative estimate of drug-likeness (QED) is 0.688. The van der Waals surface area contributed by atoms with Crippen molar-refractivity contribution in [2.45, 2.75) is 20.3 Å². The van der Waals surface area contributed by atoms with Gasteiger partial charge in [0.05, 0.1) is 0 Å². The number of nitrogens with zero attached hydrogens (tertiary/aromatic N) is 1. The Kier molecular flexibility index (Phi) is 2.80. The molecule has 0 aromatic carbocycles. The van der Waals surface area contributed by atoms with E-state index in [-0.39, 0.29) is 0 Å². The molecule has 0 aliphatic heterocycles. The largest absolute Gasteiger partial charge is 0.313 e. The zero-order valence-electron chi connectivity index (χ0n) is 7.29. The van der Waals surface area contributed by atoms with Gasteiger partial charge >= 0.3 is 0 Å². The van der Waals surface area contributed by atoms with Crippen LogP contribution in [0.1, 0.15) is 18.2 Å². The zero-order valence-corrected chi connectivity index (χ0v) is 7.29. The lowest BCUT2D eigenvalue weighted by Crippen LogP contribution is -2.01. The molecule has 0 bridgehead atoms. The normalized spacial score (nSPS) is 9.50. The number of hydrogen-bond donors (Lipinski definition) is 1. The van der Waals surface area contributed by atoms with Crippen LogP contribution in [0.15, 0.2) is 12.1 Å². The number of aromatic nitrogens is 1. The van der Waals surface area contributed by atoms with Gasteiger partial charge in [-0.15, -0.1) is 0 Å². The van der Waals surface area contributed by atoms with Gasteiger partial charge in [0.15, 0.2) is 0 Å². The van der Waals surface area contributed by atoms with Crippen molar-refractivity contribution in [3.05, 3.63) is 23.4 Å². The standard InChI is InChI=1S/C9H12N2O/c1-3-8-5-4-7(2)9(11-8)10-6-12/h4-6H,3H2,1-2H3,(H,10,11,12). The number of anilines is 1. The molecule has 1 aromatic rings. The summed E-state index contributed by atoms with van der Waals surface area (Å²) in [6.45, 7) is 3.95. The Morgan fingerprint density at radius 2 is 2.33 bits per heavy atom. The monoisotopic (exact) mass is 164 g/mol. The van der Waals surface area contributed by atoms with Crippen LogP contribution in [0, 0.1) is 6.92 Å². The number of amides is 1. The third-order valence-corrected chi connectivity index (χ3v) is 1.71. The van der Waals surface area contributed by atoms with Crippen LogP contribution in [-0.2, 0) is 11.2 Å². The highest BCUT2D eigenvalue weighted by Crippen LogP contribution is 2.11. The maximum atomic E-state index is 10.2. The second kappa shape index (κ2) is 3.85. The summed E-state index contributed by atoms with van der Waals surface area (Å²) in [7, 11) is 0. The molecule has 1 amide bonds. The molecule has 0 radical (unpaired) electrons. The fourth-order valence-electron chi connectivity index (χ4n) is 0.968. The molecule has 1 N–H and O–H groups in total. The first-order chi connectivity index (χ1) is 5.77. The average Bonchev–Trinajstić information content (AvgIpc) is 2.09. The van der Waals surface area contributed by atoms with Crippen molar-refractivity contribution in [2.75, 3.05) is 5.32 Å². The number of aryl methyl sites for hydroxylation is 2. The van der Waals surface area contributed by atoms with Gasteiger partial charge < -0.3 is 5.32 Å². The van der Waals surface area contributed by atoms with Crippen LogP contribution in [0.4, 0.5) is 5.82 Å². The van der Waals surface area contributed by atoms with Crippen molar-refractivity contribution >= 4 is 12.2 Å². The maximum absolute atomic E-state index is 10.2. The number of pyridine rings is 1. The molecule has 0 unspecified atom stereocenters. The van der Waals surface area contributed by atoms with Crippen molar-refractivity contribution in [3.8, 4) is 0 Å². The minimum atomic E-state index is 0.648. The smallest absolute Gasteiger partial charge is 0.212 e. The number of nitrogens with one attached hydrogen (secondary N) is 1. The summed E-state index contributed by atoms with van der Waals surface area (Å²) in [5.41, 5.74) is 1.98. The molecule has 0 saturated carbocycles. The van der Waals surface area contributed by atoms with Crippen LogP contribution in [0.5, 0.6) is 0 Å². The second-order valence-corrected chi connectivity index (χ2v) is 2.58. The molecule has 1 heterocycles. The first-order valence-corrected chi connectivity index (χ1v) is 3.94. The van der Waals surface area contributed by atoms with E-state index in [2.05, 4.69) is 10.3 Å². The van der Waals surface area contributed by atoms with E-state index in [9.17, 15) is 4.79 Å². The Labute approximate surface area is 71.8 Å². The minimum Gasteiger partial charge on any atom is -0.313 e. The van der Waals surface area contributed by atoms with Crippen molar-refractivity contribution in [2.24, 2.45) is 0 Å². The van der Waals surface area contributed by atoms with E-state index in [1.807, 2.05) is 26.0 Å². The summed E-state index contributed by atoms with van der Waals surface area (Å²) in [6, 6.07) is 3.92. The third-order valence-electron chi connectivity index (χ3n) is 1.71. The average molecular weight is 164 g/mol. The van der Waals surface area contributed by atoms with Gasteiger partial charge in [0.25, 0.3) is 0 Å².